The van der Waals surface area contributed by atoms with Crippen molar-refractivity contribution in [2.45, 2.75) is 0 Å². The Morgan fingerprint density at radius 3 is 2.53 bits per heavy atom. The minimum Gasteiger partial charge on any atom is -0.366 e. The number of nitrogens with one attached hydrogen (secondary N) is 1. The molecule has 0 radical (unpaired) electrons. The molecule has 2 aromatic rings. The molecule has 98 valence electrons. The van der Waals surface area contributed by atoms with E-state index in [1.807, 2.05) is 30.3 Å². The molecule has 0 saturated carbocycles. The molecule has 1 heterocycles. The molecule has 0 aliphatic rings. The number of carbonyl (C=O) groups excluding carboxylic acids is 2. The molecule has 0 atom stereocenters. The second-order valence-corrected chi connectivity index (χ2v) is 5.08. The van der Waals surface area contributed by atoms with Crippen molar-refractivity contribution in [1.29, 1.82) is 0 Å². The number of carbonyl (C=O) groups is 2. The molecule has 0 saturated heterocycles. The number of halogens is 1. The minimum absolute atomic E-state index is 0.170. The number of thiophene rings is 1. The summed E-state index contributed by atoms with van der Waals surface area (Å²) in [7, 11) is 0. The van der Waals surface area contributed by atoms with E-state index in [0.29, 0.717) is 10.6 Å². The SMILES string of the molecule is NC(=O)c1cc(-c2ccccc2)sc1NC(=O)CCl. The van der Waals surface area contributed by atoms with Crippen LogP contribution in [-0.4, -0.2) is 17.7 Å². The van der Waals surface area contributed by atoms with E-state index in [-0.39, 0.29) is 11.8 Å². The number of primary amides is 1. The third-order valence-corrected chi connectivity index (χ3v) is 3.77. The van der Waals surface area contributed by atoms with Gasteiger partial charge in [-0.15, -0.1) is 22.9 Å². The van der Waals surface area contributed by atoms with Crippen LogP contribution < -0.4 is 11.1 Å². The number of nitrogens with two attached hydrogens (primary N) is 1. The molecule has 1 aromatic carbocycles. The topological polar surface area (TPSA) is 72.2 Å². The molecule has 1 aromatic heterocycles. The summed E-state index contributed by atoms with van der Waals surface area (Å²) in [6.45, 7) is 0. The lowest BCUT2D eigenvalue weighted by atomic mass is 10.1. The van der Waals surface area contributed by atoms with E-state index in [9.17, 15) is 9.59 Å². The van der Waals surface area contributed by atoms with Gasteiger partial charge in [0.15, 0.2) is 0 Å². The van der Waals surface area contributed by atoms with Gasteiger partial charge in [-0.3, -0.25) is 9.59 Å². The summed E-state index contributed by atoms with van der Waals surface area (Å²) in [5, 5.41) is 3.01. The molecular weight excluding hydrogens is 284 g/mol. The first-order valence-electron chi connectivity index (χ1n) is 5.46. The van der Waals surface area contributed by atoms with Gasteiger partial charge in [0.25, 0.3) is 5.91 Å². The first-order chi connectivity index (χ1) is 9.11. The van der Waals surface area contributed by atoms with Gasteiger partial charge in [0.2, 0.25) is 5.91 Å². The van der Waals surface area contributed by atoms with Crippen molar-refractivity contribution in [3.63, 3.8) is 0 Å². The lowest BCUT2D eigenvalue weighted by molar-refractivity contribution is -0.113. The molecule has 4 nitrogen and oxygen atoms in total. The largest absolute Gasteiger partial charge is 0.366 e. The standard InChI is InChI=1S/C13H11ClN2O2S/c14-7-11(17)16-13-9(12(15)18)6-10(19-13)8-4-2-1-3-5-8/h1-6H,7H2,(H2,15,18)(H,16,17). The van der Waals surface area contributed by atoms with Crippen molar-refractivity contribution in [3.8, 4) is 10.4 Å². The number of benzene rings is 1. The second-order valence-electron chi connectivity index (χ2n) is 3.77. The summed E-state index contributed by atoms with van der Waals surface area (Å²) in [5.74, 6) is -1.12. The van der Waals surface area contributed by atoms with E-state index >= 15 is 0 Å². The Hall–Kier alpha value is -1.85. The molecule has 0 fully saturated rings. The Balaban J connectivity index is 2.41. The van der Waals surface area contributed by atoms with Crippen molar-refractivity contribution in [2.75, 3.05) is 11.2 Å². The van der Waals surface area contributed by atoms with Crippen LogP contribution in [0.25, 0.3) is 10.4 Å². The zero-order valence-corrected chi connectivity index (χ0v) is 11.4. The molecule has 3 N–H and O–H groups in total. The second kappa shape index (κ2) is 5.86. The van der Waals surface area contributed by atoms with Crippen molar-refractivity contribution in [3.05, 3.63) is 42.0 Å². The van der Waals surface area contributed by atoms with Crippen LogP contribution in [0.2, 0.25) is 0 Å². The Morgan fingerprint density at radius 2 is 1.95 bits per heavy atom. The molecule has 6 heteroatoms. The van der Waals surface area contributed by atoms with E-state index < -0.39 is 5.91 Å². The van der Waals surface area contributed by atoms with E-state index in [2.05, 4.69) is 5.32 Å². The third kappa shape index (κ3) is 3.13. The predicted octanol–water partition coefficient (Wildman–Crippen LogP) is 2.69. The van der Waals surface area contributed by atoms with Crippen molar-refractivity contribution < 1.29 is 9.59 Å². The van der Waals surface area contributed by atoms with Crippen molar-refractivity contribution in [2.24, 2.45) is 5.73 Å². The van der Waals surface area contributed by atoms with Gasteiger partial charge in [-0.1, -0.05) is 30.3 Å². The van der Waals surface area contributed by atoms with Crippen LogP contribution >= 0.6 is 22.9 Å². The van der Waals surface area contributed by atoms with E-state index in [4.69, 9.17) is 17.3 Å². The van der Waals surface area contributed by atoms with Gasteiger partial charge >= 0.3 is 0 Å². The zero-order valence-electron chi connectivity index (χ0n) is 9.85. The lowest BCUT2D eigenvalue weighted by Gasteiger charge is -2.00. The monoisotopic (exact) mass is 294 g/mol. The summed E-state index contributed by atoms with van der Waals surface area (Å²) in [4.78, 5) is 23.6. The van der Waals surface area contributed by atoms with Crippen LogP contribution in [0, 0.1) is 0 Å². The number of anilines is 1. The molecule has 0 aliphatic carbocycles. The van der Waals surface area contributed by atoms with Crippen LogP contribution in [0.15, 0.2) is 36.4 Å². The van der Waals surface area contributed by atoms with E-state index in [1.165, 1.54) is 11.3 Å². The summed E-state index contributed by atoms with van der Waals surface area (Å²) in [5.41, 5.74) is 6.56. The number of alkyl halides is 1. The summed E-state index contributed by atoms with van der Waals surface area (Å²) in [6.07, 6.45) is 0. The fourth-order valence-corrected chi connectivity index (χ4v) is 2.72. The normalized spacial score (nSPS) is 10.2. The Kier molecular flexibility index (Phi) is 4.19. The first kappa shape index (κ1) is 13.6. The molecule has 0 bridgehead atoms. The number of rotatable bonds is 4. The van der Waals surface area contributed by atoms with Crippen LogP contribution in [-0.2, 0) is 4.79 Å². The van der Waals surface area contributed by atoms with Gasteiger partial charge in [0.05, 0.1) is 5.56 Å². The highest BCUT2D eigenvalue weighted by atomic mass is 35.5. The highest BCUT2D eigenvalue weighted by Gasteiger charge is 2.16. The minimum atomic E-state index is -0.580. The predicted molar refractivity (Wildman–Crippen MR) is 77.6 cm³/mol. The fraction of sp³-hybridized carbons (Fsp3) is 0.0769. The van der Waals surface area contributed by atoms with Crippen LogP contribution in [0.3, 0.4) is 0 Å². The van der Waals surface area contributed by atoms with Gasteiger partial charge in [0, 0.05) is 4.88 Å². The van der Waals surface area contributed by atoms with E-state index in [1.54, 1.807) is 6.07 Å². The highest BCUT2D eigenvalue weighted by Crippen LogP contribution is 2.35. The molecule has 2 amide bonds. The summed E-state index contributed by atoms with van der Waals surface area (Å²) < 4.78 is 0. The average Bonchev–Trinajstić information content (AvgIpc) is 2.83. The number of hydrogen-bond donors (Lipinski definition) is 2. The maximum Gasteiger partial charge on any atom is 0.251 e. The fourth-order valence-electron chi connectivity index (χ4n) is 1.57. The third-order valence-electron chi connectivity index (χ3n) is 2.43. The quantitative estimate of drug-likeness (QED) is 0.851. The Morgan fingerprint density at radius 1 is 1.26 bits per heavy atom. The van der Waals surface area contributed by atoms with Gasteiger partial charge in [0.1, 0.15) is 10.9 Å². The summed E-state index contributed by atoms with van der Waals surface area (Å²) >= 11 is 6.73. The molecule has 0 aliphatic heterocycles. The maximum absolute atomic E-state index is 11.4. The molecule has 0 spiro atoms. The smallest absolute Gasteiger partial charge is 0.251 e. The average molecular weight is 295 g/mol. The number of amides is 2. The highest BCUT2D eigenvalue weighted by molar-refractivity contribution is 7.20. The van der Waals surface area contributed by atoms with Crippen LogP contribution in [0.4, 0.5) is 5.00 Å². The van der Waals surface area contributed by atoms with E-state index in [0.717, 1.165) is 10.4 Å². The van der Waals surface area contributed by atoms with Gasteiger partial charge in [-0.05, 0) is 11.6 Å². The zero-order chi connectivity index (χ0) is 13.8. The van der Waals surface area contributed by atoms with Crippen molar-refractivity contribution >= 4 is 39.8 Å². The maximum atomic E-state index is 11.4. The molecular formula is C13H11ClN2O2S. The lowest BCUT2D eigenvalue weighted by Crippen LogP contribution is -2.16. The van der Waals surface area contributed by atoms with Crippen LogP contribution in [0.1, 0.15) is 10.4 Å². The van der Waals surface area contributed by atoms with Gasteiger partial charge in [-0.25, -0.2) is 0 Å². The van der Waals surface area contributed by atoms with Gasteiger partial charge < -0.3 is 11.1 Å². The van der Waals surface area contributed by atoms with Crippen LogP contribution in [0.5, 0.6) is 0 Å². The first-order valence-corrected chi connectivity index (χ1v) is 6.82. The number of hydrogen-bond acceptors (Lipinski definition) is 3. The Labute approximate surface area is 119 Å². The van der Waals surface area contributed by atoms with Gasteiger partial charge in [-0.2, -0.15) is 0 Å². The summed E-state index contributed by atoms with van der Waals surface area (Å²) in [6, 6.07) is 11.2. The molecule has 0 unspecified atom stereocenters. The molecule has 19 heavy (non-hydrogen) atoms. The van der Waals surface area contributed by atoms with Crippen molar-refractivity contribution in [1.82, 2.24) is 0 Å². The Bertz CT molecular complexity index is 610. The molecule has 2 rings (SSSR count).